The van der Waals surface area contributed by atoms with Gasteiger partial charge in [-0.05, 0) is 107 Å². The van der Waals surface area contributed by atoms with Crippen molar-refractivity contribution in [1.82, 2.24) is 10.6 Å². The zero-order chi connectivity index (χ0) is 47.6. The maximum Gasteiger partial charge on any atom is 0.407 e. The van der Waals surface area contributed by atoms with Gasteiger partial charge in [-0.2, -0.15) is 21.4 Å². The van der Waals surface area contributed by atoms with Gasteiger partial charge in [0.05, 0.1) is 21.0 Å². The van der Waals surface area contributed by atoms with E-state index < -0.39 is 53.0 Å². The van der Waals surface area contributed by atoms with Gasteiger partial charge in [-0.1, -0.05) is 44.2 Å². The zero-order valence-corrected chi connectivity index (χ0v) is 39.9. The van der Waals surface area contributed by atoms with Crippen LogP contribution >= 0.6 is 0 Å². The molecule has 0 fully saturated rings. The van der Waals surface area contributed by atoms with Crippen LogP contribution in [0.2, 0.25) is 0 Å². The monoisotopic (exact) mass is 958 g/mol. The van der Waals surface area contributed by atoms with E-state index in [1.54, 1.807) is 24.3 Å². The van der Waals surface area contributed by atoms with Crippen LogP contribution < -0.4 is 15.5 Å². The van der Waals surface area contributed by atoms with Gasteiger partial charge in [0, 0.05) is 73.4 Å². The first-order valence-corrected chi connectivity index (χ1v) is 26.5. The highest BCUT2D eigenvalue weighted by molar-refractivity contribution is 7.86. The van der Waals surface area contributed by atoms with E-state index >= 15 is 0 Å². The number of benzene rings is 2. The maximum atomic E-state index is 12.6. The van der Waals surface area contributed by atoms with Gasteiger partial charge in [0.1, 0.15) is 22.8 Å². The number of allylic oxidation sites excluding steroid dienone is 7. The Morgan fingerprint density at radius 3 is 2.29 bits per heavy atom. The number of carbonyl (C=O) groups is 2. The Hall–Kier alpha value is -4.66. The molecule has 1 unspecified atom stereocenters. The summed E-state index contributed by atoms with van der Waals surface area (Å²) >= 11 is 0. The van der Waals surface area contributed by atoms with E-state index in [1.807, 2.05) is 50.8 Å². The molecule has 2 heterocycles. The fourth-order valence-electron chi connectivity index (χ4n) is 8.61. The molecule has 2 aromatic carbocycles. The molecule has 356 valence electrons. The summed E-state index contributed by atoms with van der Waals surface area (Å²) in [6.45, 7) is 9.19. The van der Waals surface area contributed by atoms with Gasteiger partial charge < -0.3 is 24.8 Å². The third-order valence-corrected chi connectivity index (χ3v) is 14.5. The average molecular weight is 959 g/mol. The summed E-state index contributed by atoms with van der Waals surface area (Å²) in [5, 5.41) is 5.67. The minimum absolute atomic E-state index is 0.0825. The lowest BCUT2D eigenvalue weighted by molar-refractivity contribution is -0.438. The van der Waals surface area contributed by atoms with Crippen molar-refractivity contribution in [3.05, 3.63) is 95.8 Å². The topological polar surface area (TPSA) is 240 Å². The van der Waals surface area contributed by atoms with E-state index in [0.717, 1.165) is 55.6 Å². The molecular weight excluding hydrogens is 897 g/mol. The largest absolute Gasteiger partial charge is 0.744 e. The summed E-state index contributed by atoms with van der Waals surface area (Å²) < 4.78 is 110. The van der Waals surface area contributed by atoms with Crippen molar-refractivity contribution in [3.8, 4) is 0 Å². The number of unbranched alkanes of at least 4 members (excludes halogenated alkanes) is 2. The van der Waals surface area contributed by atoms with Gasteiger partial charge in [0.25, 0.3) is 20.2 Å². The highest BCUT2D eigenvalue weighted by atomic mass is 32.2. The molecule has 1 aliphatic carbocycles. The summed E-state index contributed by atoms with van der Waals surface area (Å²) in [6, 6.07) is 8.61. The molecule has 0 aromatic heterocycles. The predicted octanol–water partition coefficient (Wildman–Crippen LogP) is 6.97. The van der Waals surface area contributed by atoms with Crippen LogP contribution in [0.1, 0.15) is 109 Å². The molecule has 19 heteroatoms. The Morgan fingerprint density at radius 1 is 0.846 bits per heavy atom. The third kappa shape index (κ3) is 13.9. The van der Waals surface area contributed by atoms with Crippen LogP contribution in [0.15, 0.2) is 94.4 Å². The van der Waals surface area contributed by atoms with Gasteiger partial charge in [-0.15, -0.1) is 0 Å². The molecule has 3 aliphatic rings. The zero-order valence-electron chi connectivity index (χ0n) is 37.5. The van der Waals surface area contributed by atoms with Gasteiger partial charge >= 0.3 is 6.09 Å². The first kappa shape index (κ1) is 51.3. The second kappa shape index (κ2) is 21.8. The normalized spacial score (nSPS) is 19.6. The van der Waals surface area contributed by atoms with Crippen LogP contribution in [0.5, 0.6) is 0 Å². The number of alkyl carbamates (subject to hydrolysis) is 1. The highest BCUT2D eigenvalue weighted by Gasteiger charge is 2.45. The Balaban J connectivity index is 1.23. The van der Waals surface area contributed by atoms with Crippen LogP contribution in [-0.2, 0) is 50.7 Å². The molecule has 0 radical (unpaired) electrons. The van der Waals surface area contributed by atoms with Crippen LogP contribution in [0, 0.1) is 0 Å². The molecule has 65 heavy (non-hydrogen) atoms. The molecule has 0 bridgehead atoms. The highest BCUT2D eigenvalue weighted by Crippen LogP contribution is 2.48. The Kier molecular flexibility index (Phi) is 17.2. The lowest BCUT2D eigenvalue weighted by atomic mass is 9.81. The number of hydrogen-bond donors (Lipinski definition) is 4. The summed E-state index contributed by atoms with van der Waals surface area (Å²) in [5.41, 5.74) is 2.76. The Morgan fingerprint density at radius 2 is 1.57 bits per heavy atom. The summed E-state index contributed by atoms with van der Waals surface area (Å²) in [6.07, 6.45) is 20.5. The maximum absolute atomic E-state index is 12.6. The first-order valence-electron chi connectivity index (χ1n) is 22.0. The standard InChI is InChI=1S/C46H62N4O12S3/c1-45(2)37-32-35(64(56,57)58)23-25-39(37)49(29-15-9-14-22-43(51)47-27-16-28-48-44(52)62-34-18-10-6-5-7-11-19-34)41(45)20-12-8-13-21-42-46(3,4)38-33-36(65(59,60)61)24-26-40(38)50(42)30-17-31-63(53,54)55/h6,8,10,12-13,20-21,23-26,32-34H,5,7,9,11,14-19,22,27-31H2,1-4H3,(H4-,47,48,51,52,53,54,55,56,57,58,59,60,61)/b10-6+. The van der Waals surface area contributed by atoms with Crippen molar-refractivity contribution < 1.29 is 57.8 Å². The molecule has 2 amide bonds. The van der Waals surface area contributed by atoms with E-state index in [0.29, 0.717) is 62.1 Å². The third-order valence-electron chi connectivity index (χ3n) is 12.0. The number of hydrogen-bond acceptors (Lipinski definition) is 11. The molecule has 5 rings (SSSR count). The van der Waals surface area contributed by atoms with Crippen molar-refractivity contribution in [2.45, 2.75) is 125 Å². The second-order valence-electron chi connectivity index (χ2n) is 17.6. The lowest BCUT2D eigenvalue weighted by Crippen LogP contribution is -2.32. The van der Waals surface area contributed by atoms with E-state index in [9.17, 15) is 48.5 Å². The first-order chi connectivity index (χ1) is 30.5. The second-order valence-corrected chi connectivity index (χ2v) is 22.0. The summed E-state index contributed by atoms with van der Waals surface area (Å²) in [7, 11) is -13.4. The SMILES string of the molecule is CC1(C)C(/C=C/C=C/C=C2\N(CCCS(=O)(=O)O)c3ccc(S(=O)(=O)O)cc3C2(C)C)=[N+](CCCCCC(=O)NCCCNC(=O)OC2C/C=C/CCCC2)c2ccc(S(=O)(=O)[O-])cc21. The number of anilines is 1. The number of carbonyl (C=O) groups excluding carboxylic acids is 2. The number of nitrogens with zero attached hydrogens (tertiary/aromatic N) is 2. The number of nitrogens with one attached hydrogen (secondary N) is 2. The predicted molar refractivity (Wildman–Crippen MR) is 248 cm³/mol. The quantitative estimate of drug-likeness (QED) is 0.0345. The smallest absolute Gasteiger partial charge is 0.407 e. The molecule has 4 N–H and O–H groups in total. The fraction of sp³-hybridized carbons (Fsp3) is 0.500. The van der Waals surface area contributed by atoms with Gasteiger partial charge in [0.15, 0.2) is 5.71 Å². The van der Waals surface area contributed by atoms with Crippen molar-refractivity contribution in [1.29, 1.82) is 0 Å². The van der Waals surface area contributed by atoms with Gasteiger partial charge in [-0.25, -0.2) is 13.2 Å². The van der Waals surface area contributed by atoms with Crippen molar-refractivity contribution >= 4 is 59.4 Å². The van der Waals surface area contributed by atoms with Crippen LogP contribution in [0.4, 0.5) is 16.2 Å². The van der Waals surface area contributed by atoms with Crippen molar-refractivity contribution in [3.63, 3.8) is 0 Å². The summed E-state index contributed by atoms with van der Waals surface area (Å²) in [5.74, 6) is -0.559. The molecule has 2 aliphatic heterocycles. The average Bonchev–Trinajstić information content (AvgIpc) is 3.54. The summed E-state index contributed by atoms with van der Waals surface area (Å²) in [4.78, 5) is 26.1. The van der Waals surface area contributed by atoms with E-state index in [1.165, 1.54) is 24.3 Å². The fourth-order valence-corrected chi connectivity index (χ4v) is 10.1. The molecule has 1 atom stereocenters. The molecular formula is C46H62N4O12S3. The number of ether oxygens (including phenoxy) is 1. The number of amides is 2. The molecule has 0 saturated heterocycles. The van der Waals surface area contributed by atoms with Crippen LogP contribution in [-0.4, -0.2) is 99.2 Å². The van der Waals surface area contributed by atoms with Crippen LogP contribution in [0.3, 0.4) is 0 Å². The van der Waals surface area contributed by atoms with Crippen molar-refractivity contribution in [2.24, 2.45) is 0 Å². The minimum atomic E-state index is -4.72. The molecule has 0 saturated carbocycles. The van der Waals surface area contributed by atoms with E-state index in [2.05, 4.69) is 27.4 Å². The van der Waals surface area contributed by atoms with Crippen LogP contribution in [0.25, 0.3) is 0 Å². The van der Waals surface area contributed by atoms with E-state index in [-0.39, 0.29) is 34.8 Å². The van der Waals surface area contributed by atoms with E-state index in [4.69, 9.17) is 4.74 Å². The number of fused-ring (bicyclic) bond motifs is 2. The molecule has 2 aromatic rings. The van der Waals surface area contributed by atoms with Gasteiger partial charge in [-0.3, -0.25) is 13.9 Å². The Bertz CT molecular complexity index is 2580. The van der Waals surface area contributed by atoms with Crippen molar-refractivity contribution in [2.75, 3.05) is 36.8 Å². The number of rotatable bonds is 20. The Labute approximate surface area is 383 Å². The molecule has 0 spiro atoms. The lowest BCUT2D eigenvalue weighted by Gasteiger charge is -2.27. The molecule has 16 nitrogen and oxygen atoms in total. The minimum Gasteiger partial charge on any atom is -0.744 e. The van der Waals surface area contributed by atoms with Gasteiger partial charge in [0.2, 0.25) is 11.6 Å².